The molecule has 0 saturated carbocycles. The Kier molecular flexibility index (Phi) is 5.41. The Morgan fingerprint density at radius 1 is 1.13 bits per heavy atom. The molecule has 158 valence electrons. The number of rotatable bonds is 6. The molecular weight excluding hydrogens is 396 g/mol. The molecule has 4 rings (SSSR count). The molecule has 0 bridgehead atoms. The van der Waals surface area contributed by atoms with Gasteiger partial charge in [-0.25, -0.2) is 0 Å². The van der Waals surface area contributed by atoms with Crippen molar-refractivity contribution >= 4 is 0 Å². The second kappa shape index (κ2) is 8.32. The van der Waals surface area contributed by atoms with Gasteiger partial charge < -0.3 is 24.7 Å². The number of hydrogen-bond donors (Lipinski definition) is 2. The average molecular weight is 418 g/mol. The molecule has 0 spiro atoms. The Hall–Kier alpha value is -4.12. The van der Waals surface area contributed by atoms with E-state index in [0.717, 1.165) is 22.4 Å². The number of fused-ring (bicyclic) bond motifs is 1. The Labute approximate surface area is 179 Å². The first-order valence-electron chi connectivity index (χ1n) is 9.72. The summed E-state index contributed by atoms with van der Waals surface area (Å²) >= 11 is 0. The predicted octanol–water partition coefficient (Wildman–Crippen LogP) is 3.71. The molecule has 1 aliphatic rings. The topological polar surface area (TPSA) is 115 Å². The molecule has 31 heavy (non-hydrogen) atoms. The van der Waals surface area contributed by atoms with Gasteiger partial charge in [0.1, 0.15) is 17.4 Å². The number of benzene rings is 2. The van der Waals surface area contributed by atoms with E-state index in [1.165, 1.54) is 0 Å². The molecule has 8 nitrogen and oxygen atoms in total. The van der Waals surface area contributed by atoms with Crippen LogP contribution in [0.1, 0.15) is 24.0 Å². The van der Waals surface area contributed by atoms with E-state index < -0.39 is 5.92 Å². The van der Waals surface area contributed by atoms with E-state index in [1.807, 2.05) is 49.4 Å². The molecule has 0 aliphatic carbocycles. The number of ether oxygens (including phenoxy) is 4. The summed E-state index contributed by atoms with van der Waals surface area (Å²) < 4.78 is 22.0. The fourth-order valence-electron chi connectivity index (χ4n) is 3.71. The van der Waals surface area contributed by atoms with E-state index in [-0.39, 0.29) is 5.88 Å². The van der Waals surface area contributed by atoms with Crippen molar-refractivity contribution in [2.24, 2.45) is 5.73 Å². The summed E-state index contributed by atoms with van der Waals surface area (Å²) in [6.45, 7) is 2.50. The maximum Gasteiger partial charge on any atom is 0.244 e. The highest BCUT2D eigenvalue weighted by molar-refractivity contribution is 5.73. The van der Waals surface area contributed by atoms with Crippen molar-refractivity contribution in [3.8, 4) is 40.5 Å². The monoisotopic (exact) mass is 418 g/mol. The van der Waals surface area contributed by atoms with Gasteiger partial charge in [-0.15, -0.1) is 5.10 Å². The molecule has 0 radical (unpaired) electrons. The van der Waals surface area contributed by atoms with Gasteiger partial charge in [0.25, 0.3) is 0 Å². The van der Waals surface area contributed by atoms with E-state index in [0.29, 0.717) is 35.3 Å². The largest absolute Gasteiger partial charge is 0.494 e. The minimum absolute atomic E-state index is 0.0410. The highest BCUT2D eigenvalue weighted by atomic mass is 16.5. The first-order chi connectivity index (χ1) is 15.1. The zero-order valence-electron chi connectivity index (χ0n) is 17.4. The third kappa shape index (κ3) is 3.51. The SMILES string of the molecule is CCOc1ccc([C@H]2C(C#N)=C(N)Oc3n[nH]c(-c4ccc(OC)c(OC)c4)c32)cc1. The van der Waals surface area contributed by atoms with E-state index >= 15 is 0 Å². The zero-order chi connectivity index (χ0) is 22.0. The van der Waals surface area contributed by atoms with E-state index in [2.05, 4.69) is 16.3 Å². The summed E-state index contributed by atoms with van der Waals surface area (Å²) in [6.07, 6.45) is 0. The number of methoxy groups -OCH3 is 2. The predicted molar refractivity (Wildman–Crippen MR) is 114 cm³/mol. The van der Waals surface area contributed by atoms with Crippen molar-refractivity contribution in [3.05, 3.63) is 65.0 Å². The van der Waals surface area contributed by atoms with Crippen molar-refractivity contribution < 1.29 is 18.9 Å². The number of nitrogens with two attached hydrogens (primary N) is 1. The van der Waals surface area contributed by atoms with Crippen LogP contribution in [0, 0.1) is 11.3 Å². The minimum atomic E-state index is -0.453. The van der Waals surface area contributed by atoms with Gasteiger partial charge in [0.05, 0.1) is 38.0 Å². The minimum Gasteiger partial charge on any atom is -0.494 e. The number of aromatic amines is 1. The fourth-order valence-corrected chi connectivity index (χ4v) is 3.71. The van der Waals surface area contributed by atoms with E-state index in [1.54, 1.807) is 14.2 Å². The molecule has 0 saturated heterocycles. The Morgan fingerprint density at radius 2 is 1.87 bits per heavy atom. The smallest absolute Gasteiger partial charge is 0.244 e. The molecule has 0 amide bonds. The molecule has 0 unspecified atom stereocenters. The quantitative estimate of drug-likeness (QED) is 0.627. The number of H-pyrrole nitrogens is 1. The van der Waals surface area contributed by atoms with Crippen LogP contribution in [0.25, 0.3) is 11.3 Å². The van der Waals surface area contributed by atoms with Crippen LogP contribution in [0.3, 0.4) is 0 Å². The Bertz CT molecular complexity index is 1180. The molecule has 1 atom stereocenters. The van der Waals surface area contributed by atoms with Crippen LogP contribution in [0.15, 0.2) is 53.9 Å². The maximum atomic E-state index is 9.85. The van der Waals surface area contributed by atoms with Crippen molar-refractivity contribution in [2.45, 2.75) is 12.8 Å². The van der Waals surface area contributed by atoms with Crippen LogP contribution in [-0.2, 0) is 0 Å². The highest BCUT2D eigenvalue weighted by Crippen LogP contribution is 2.46. The molecule has 1 aromatic heterocycles. The first kappa shape index (κ1) is 20.2. The number of nitrogens with zero attached hydrogens (tertiary/aromatic N) is 2. The molecule has 3 N–H and O–H groups in total. The number of hydrogen-bond acceptors (Lipinski definition) is 7. The molecule has 1 aliphatic heterocycles. The van der Waals surface area contributed by atoms with Crippen molar-refractivity contribution in [1.29, 1.82) is 5.26 Å². The van der Waals surface area contributed by atoms with E-state index in [4.69, 9.17) is 24.7 Å². The van der Waals surface area contributed by atoms with Gasteiger partial charge in [0, 0.05) is 5.56 Å². The lowest BCUT2D eigenvalue weighted by Crippen LogP contribution is -2.21. The lowest BCUT2D eigenvalue weighted by molar-refractivity contribution is 0.340. The van der Waals surface area contributed by atoms with Crippen molar-refractivity contribution in [2.75, 3.05) is 20.8 Å². The van der Waals surface area contributed by atoms with Crippen LogP contribution >= 0.6 is 0 Å². The molecule has 2 heterocycles. The lowest BCUT2D eigenvalue weighted by Gasteiger charge is -2.24. The van der Waals surface area contributed by atoms with Gasteiger partial charge in [-0.3, -0.25) is 5.10 Å². The Morgan fingerprint density at radius 3 is 2.52 bits per heavy atom. The van der Waals surface area contributed by atoms with Gasteiger partial charge in [0.15, 0.2) is 11.5 Å². The van der Waals surface area contributed by atoms with Crippen LogP contribution in [0.4, 0.5) is 0 Å². The summed E-state index contributed by atoms with van der Waals surface area (Å²) in [7, 11) is 3.16. The van der Waals surface area contributed by atoms with Crippen LogP contribution < -0.4 is 24.7 Å². The average Bonchev–Trinajstić information content (AvgIpc) is 3.21. The van der Waals surface area contributed by atoms with Gasteiger partial charge in [-0.1, -0.05) is 12.1 Å². The van der Waals surface area contributed by atoms with Gasteiger partial charge >= 0.3 is 0 Å². The first-order valence-corrected chi connectivity index (χ1v) is 9.72. The molecule has 2 aromatic carbocycles. The molecule has 8 heteroatoms. The molecule has 0 fully saturated rings. The molecular formula is C23H22N4O4. The normalized spacial score (nSPS) is 15.0. The summed E-state index contributed by atoms with van der Waals surface area (Å²) in [5, 5.41) is 17.2. The third-order valence-corrected chi connectivity index (χ3v) is 5.14. The van der Waals surface area contributed by atoms with Gasteiger partial charge in [-0.05, 0) is 42.8 Å². The van der Waals surface area contributed by atoms with Crippen molar-refractivity contribution in [3.63, 3.8) is 0 Å². The number of nitriles is 1. The summed E-state index contributed by atoms with van der Waals surface area (Å²) in [5.74, 6) is 1.86. The van der Waals surface area contributed by atoms with Gasteiger partial charge in [-0.2, -0.15) is 5.26 Å². The zero-order valence-corrected chi connectivity index (χ0v) is 17.4. The third-order valence-electron chi connectivity index (χ3n) is 5.14. The summed E-state index contributed by atoms with van der Waals surface area (Å²) in [5.41, 5.74) is 9.49. The summed E-state index contributed by atoms with van der Waals surface area (Å²) in [4.78, 5) is 0. The maximum absolute atomic E-state index is 9.85. The number of nitrogens with one attached hydrogen (secondary N) is 1. The standard InChI is InChI=1S/C23H22N4O4/c1-4-30-15-8-5-13(6-9-15)19-16(12-24)22(25)31-23-20(19)21(26-27-23)14-7-10-17(28-2)18(11-14)29-3/h5-11,19H,4,25H2,1-3H3,(H,26,27)/t19-/m0/s1. The lowest BCUT2D eigenvalue weighted by atomic mass is 9.83. The fraction of sp³-hybridized carbons (Fsp3) is 0.217. The number of allylic oxidation sites excluding steroid dienone is 1. The second-order valence-electron chi connectivity index (χ2n) is 6.81. The second-order valence-corrected chi connectivity index (χ2v) is 6.81. The van der Waals surface area contributed by atoms with Crippen LogP contribution in [0.5, 0.6) is 23.1 Å². The van der Waals surface area contributed by atoms with Crippen LogP contribution in [0.2, 0.25) is 0 Å². The molecule has 3 aromatic rings. The Balaban J connectivity index is 1.86. The highest BCUT2D eigenvalue weighted by Gasteiger charge is 2.35. The van der Waals surface area contributed by atoms with E-state index in [9.17, 15) is 5.26 Å². The number of aromatic nitrogens is 2. The van der Waals surface area contributed by atoms with Crippen molar-refractivity contribution in [1.82, 2.24) is 10.2 Å². The van der Waals surface area contributed by atoms with Gasteiger partial charge in [0.2, 0.25) is 11.8 Å². The van der Waals surface area contributed by atoms with Crippen LogP contribution in [-0.4, -0.2) is 31.0 Å². The summed E-state index contributed by atoms with van der Waals surface area (Å²) in [6, 6.07) is 15.3.